The molecule has 0 aromatic heterocycles. The minimum absolute atomic E-state index is 0. The van der Waals surface area contributed by atoms with Gasteiger partial charge in [-0.1, -0.05) is 35.3 Å². The van der Waals surface area contributed by atoms with E-state index in [-0.39, 0.29) is 36.1 Å². The van der Waals surface area contributed by atoms with E-state index in [9.17, 15) is 4.39 Å². The van der Waals surface area contributed by atoms with Crippen LogP contribution in [-0.4, -0.2) is 13.0 Å². The number of rotatable bonds is 4. The normalized spacial score (nSPS) is 10.6. The molecule has 0 aliphatic carbocycles. The van der Waals surface area contributed by atoms with Crippen LogP contribution in [0.5, 0.6) is 0 Å². The zero-order chi connectivity index (χ0) is 17.5. The van der Waals surface area contributed by atoms with E-state index in [1.165, 1.54) is 6.07 Å². The zero-order valence-corrected chi connectivity index (χ0v) is 17.2. The Balaban J connectivity index is 0.00000312. The number of guanidine groups is 1. The van der Waals surface area contributed by atoms with Gasteiger partial charge in [-0.25, -0.2) is 4.39 Å². The van der Waals surface area contributed by atoms with E-state index in [0.717, 1.165) is 5.56 Å². The molecule has 0 unspecified atom stereocenters. The molecule has 0 spiro atoms. The lowest BCUT2D eigenvalue weighted by Gasteiger charge is -2.13. The highest BCUT2D eigenvalue weighted by atomic mass is 127. The Hall–Kier alpha value is -1.56. The highest BCUT2D eigenvalue weighted by Gasteiger charge is 2.06. The second kappa shape index (κ2) is 10.4. The number of nitriles is 1. The number of halogens is 4. The predicted molar refractivity (Wildman–Crippen MR) is 110 cm³/mol. The van der Waals surface area contributed by atoms with Crippen molar-refractivity contribution < 1.29 is 4.39 Å². The molecule has 2 N–H and O–H groups in total. The summed E-state index contributed by atoms with van der Waals surface area (Å²) in [4.78, 5) is 4.08. The van der Waals surface area contributed by atoms with Crippen LogP contribution in [0, 0.1) is 17.1 Å². The number of nitrogens with zero attached hydrogens (tertiary/aromatic N) is 2. The average molecular weight is 493 g/mol. The Bertz CT molecular complexity index is 806. The minimum atomic E-state index is -0.433. The Labute approximate surface area is 173 Å². The molecule has 2 rings (SSSR count). The Morgan fingerprint density at radius 1 is 1.12 bits per heavy atom. The van der Waals surface area contributed by atoms with Gasteiger partial charge in [-0.05, 0) is 29.8 Å². The number of hydrogen-bond acceptors (Lipinski definition) is 2. The Kier molecular flexibility index (Phi) is 8.97. The molecular formula is C17H16Cl2FIN4. The molecule has 0 aliphatic heterocycles. The lowest BCUT2D eigenvalue weighted by atomic mass is 10.1. The van der Waals surface area contributed by atoms with E-state index in [1.807, 2.05) is 12.1 Å². The third kappa shape index (κ3) is 6.34. The van der Waals surface area contributed by atoms with Gasteiger partial charge in [-0.3, -0.25) is 4.99 Å². The van der Waals surface area contributed by atoms with Crippen molar-refractivity contribution in [2.24, 2.45) is 4.99 Å². The average Bonchev–Trinajstić information content (AvgIpc) is 2.57. The first-order valence-electron chi connectivity index (χ1n) is 7.10. The monoisotopic (exact) mass is 492 g/mol. The molecule has 0 bridgehead atoms. The summed E-state index contributed by atoms with van der Waals surface area (Å²) in [5.41, 5.74) is 1.60. The first kappa shape index (κ1) is 21.5. The van der Waals surface area contributed by atoms with Gasteiger partial charge in [0.2, 0.25) is 0 Å². The summed E-state index contributed by atoms with van der Waals surface area (Å²) in [6.45, 7) is 0.692. The van der Waals surface area contributed by atoms with Gasteiger partial charge in [0.15, 0.2) is 5.96 Å². The van der Waals surface area contributed by atoms with Crippen LogP contribution in [-0.2, 0) is 13.1 Å². The largest absolute Gasteiger partial charge is 0.352 e. The maximum absolute atomic E-state index is 13.9. The molecule has 132 valence electrons. The summed E-state index contributed by atoms with van der Waals surface area (Å²) in [6, 6.07) is 11.5. The smallest absolute Gasteiger partial charge is 0.191 e. The second-order valence-electron chi connectivity index (χ2n) is 4.93. The summed E-state index contributed by atoms with van der Waals surface area (Å²) in [7, 11) is 1.62. The second-order valence-corrected chi connectivity index (χ2v) is 5.78. The molecular weight excluding hydrogens is 477 g/mol. The summed E-state index contributed by atoms with van der Waals surface area (Å²) < 4.78 is 13.9. The van der Waals surface area contributed by atoms with Crippen LogP contribution in [0.2, 0.25) is 10.0 Å². The third-order valence-corrected chi connectivity index (χ3v) is 3.90. The van der Waals surface area contributed by atoms with E-state index in [2.05, 4.69) is 15.6 Å². The molecule has 8 heteroatoms. The molecule has 4 nitrogen and oxygen atoms in total. The zero-order valence-electron chi connectivity index (χ0n) is 13.3. The van der Waals surface area contributed by atoms with E-state index >= 15 is 0 Å². The number of nitrogens with one attached hydrogen (secondary N) is 2. The van der Waals surface area contributed by atoms with Crippen LogP contribution in [0.25, 0.3) is 0 Å². The lowest BCUT2D eigenvalue weighted by molar-refractivity contribution is 0.604. The highest BCUT2D eigenvalue weighted by Crippen LogP contribution is 2.20. The van der Waals surface area contributed by atoms with Gasteiger partial charge in [-0.15, -0.1) is 24.0 Å². The summed E-state index contributed by atoms with van der Waals surface area (Å²) in [5.74, 6) is 0.0718. The standard InChI is InChI=1S/C17H15Cl2FN4.HI/c1-22-17(23-9-12-4-5-14(18)7-15(12)19)24-10-13-3-2-11(8-21)6-16(13)20;/h2-7H,9-10H2,1H3,(H2,22,23,24);1H. The van der Waals surface area contributed by atoms with Crippen molar-refractivity contribution in [1.29, 1.82) is 5.26 Å². The van der Waals surface area contributed by atoms with Crippen molar-refractivity contribution in [1.82, 2.24) is 10.6 Å². The Morgan fingerprint density at radius 3 is 2.32 bits per heavy atom. The molecule has 0 aliphatic rings. The van der Waals surface area contributed by atoms with Crippen molar-refractivity contribution >= 4 is 53.1 Å². The highest BCUT2D eigenvalue weighted by molar-refractivity contribution is 14.0. The molecule has 25 heavy (non-hydrogen) atoms. The maximum Gasteiger partial charge on any atom is 0.191 e. The van der Waals surface area contributed by atoms with Crippen LogP contribution in [0.3, 0.4) is 0 Å². The van der Waals surface area contributed by atoms with E-state index in [0.29, 0.717) is 28.1 Å². The van der Waals surface area contributed by atoms with Crippen molar-refractivity contribution in [2.75, 3.05) is 7.05 Å². The van der Waals surface area contributed by atoms with Crippen molar-refractivity contribution in [3.05, 3.63) is 69.0 Å². The van der Waals surface area contributed by atoms with E-state index in [1.54, 1.807) is 31.3 Å². The van der Waals surface area contributed by atoms with E-state index in [4.69, 9.17) is 28.5 Å². The van der Waals surface area contributed by atoms with Gasteiger partial charge in [0.25, 0.3) is 0 Å². The first-order valence-corrected chi connectivity index (χ1v) is 7.86. The topological polar surface area (TPSA) is 60.2 Å². The third-order valence-electron chi connectivity index (χ3n) is 3.31. The molecule has 0 heterocycles. The fraction of sp³-hybridized carbons (Fsp3) is 0.176. The molecule has 0 saturated heterocycles. The van der Waals surface area contributed by atoms with Crippen molar-refractivity contribution in [3.8, 4) is 6.07 Å². The molecule has 0 fully saturated rings. The number of hydrogen-bond donors (Lipinski definition) is 2. The number of aliphatic imine (C=N–C) groups is 1. The fourth-order valence-corrected chi connectivity index (χ4v) is 2.48. The first-order chi connectivity index (χ1) is 11.5. The van der Waals surface area contributed by atoms with Crippen LogP contribution in [0.4, 0.5) is 4.39 Å². The minimum Gasteiger partial charge on any atom is -0.352 e. The van der Waals surface area contributed by atoms with Crippen LogP contribution in [0.1, 0.15) is 16.7 Å². The summed E-state index contributed by atoms with van der Waals surface area (Å²) in [5, 5.41) is 16.0. The molecule has 0 atom stereocenters. The van der Waals surface area contributed by atoms with Gasteiger partial charge in [-0.2, -0.15) is 5.26 Å². The van der Waals surface area contributed by atoms with Crippen LogP contribution < -0.4 is 10.6 Å². The lowest BCUT2D eigenvalue weighted by Crippen LogP contribution is -2.36. The predicted octanol–water partition coefficient (Wildman–Crippen LogP) is 4.49. The SMILES string of the molecule is CN=C(NCc1ccc(C#N)cc1F)NCc1ccc(Cl)cc1Cl.I. The molecule has 0 amide bonds. The van der Waals surface area contributed by atoms with Crippen molar-refractivity contribution in [3.63, 3.8) is 0 Å². The molecule has 0 radical (unpaired) electrons. The quantitative estimate of drug-likeness (QED) is 0.375. The Morgan fingerprint density at radius 2 is 1.76 bits per heavy atom. The maximum atomic E-state index is 13.9. The fourth-order valence-electron chi connectivity index (χ4n) is 2.00. The van der Waals surface area contributed by atoms with Crippen molar-refractivity contribution in [2.45, 2.75) is 13.1 Å². The summed E-state index contributed by atoms with van der Waals surface area (Å²) >= 11 is 12.0. The van der Waals surface area contributed by atoms with E-state index < -0.39 is 5.82 Å². The van der Waals surface area contributed by atoms with Crippen LogP contribution in [0.15, 0.2) is 41.4 Å². The van der Waals surface area contributed by atoms with Gasteiger partial charge in [0.1, 0.15) is 5.82 Å². The van der Waals surface area contributed by atoms with Gasteiger partial charge < -0.3 is 10.6 Å². The molecule has 2 aromatic rings. The van der Waals surface area contributed by atoms with Gasteiger partial charge in [0, 0.05) is 35.7 Å². The molecule has 0 saturated carbocycles. The van der Waals surface area contributed by atoms with Gasteiger partial charge in [0.05, 0.1) is 11.6 Å². The van der Waals surface area contributed by atoms with Crippen LogP contribution >= 0.6 is 47.2 Å². The summed E-state index contributed by atoms with van der Waals surface area (Å²) in [6.07, 6.45) is 0. The van der Waals surface area contributed by atoms with Gasteiger partial charge >= 0.3 is 0 Å². The molecule has 2 aromatic carbocycles. The number of benzene rings is 2.